The number of hydrogen-bond donors (Lipinski definition) is 2. The van der Waals surface area contributed by atoms with Gasteiger partial charge in [-0.05, 0) is 31.4 Å². The molecule has 26 heavy (non-hydrogen) atoms. The van der Waals surface area contributed by atoms with Gasteiger partial charge in [0.2, 0.25) is 5.91 Å². The van der Waals surface area contributed by atoms with Crippen molar-refractivity contribution >= 4 is 11.8 Å². The molecule has 1 aliphatic heterocycles. The molecule has 6 heteroatoms. The molecule has 0 saturated carbocycles. The van der Waals surface area contributed by atoms with Gasteiger partial charge in [0.15, 0.2) is 6.61 Å². The summed E-state index contributed by atoms with van der Waals surface area (Å²) in [5, 5.41) is 3.06. The first-order valence-corrected chi connectivity index (χ1v) is 9.60. The highest BCUT2D eigenvalue weighted by Crippen LogP contribution is 2.18. The molecular formula is C20H31N3O3. The van der Waals surface area contributed by atoms with E-state index in [4.69, 9.17) is 10.5 Å². The summed E-state index contributed by atoms with van der Waals surface area (Å²) in [5.74, 6) is 0.444. The largest absolute Gasteiger partial charge is 0.484 e. The number of benzene rings is 1. The molecule has 1 aliphatic rings. The number of hydrogen-bond acceptors (Lipinski definition) is 4. The van der Waals surface area contributed by atoms with Crippen molar-refractivity contribution in [2.75, 3.05) is 26.2 Å². The number of nitrogens with one attached hydrogen (secondary N) is 1. The van der Waals surface area contributed by atoms with Gasteiger partial charge in [-0.25, -0.2) is 0 Å². The zero-order valence-electron chi connectivity index (χ0n) is 15.7. The number of para-hydroxylation sites is 1. The van der Waals surface area contributed by atoms with Crippen LogP contribution in [0.15, 0.2) is 30.3 Å². The van der Waals surface area contributed by atoms with Gasteiger partial charge in [-0.2, -0.15) is 0 Å². The molecule has 1 heterocycles. The lowest BCUT2D eigenvalue weighted by atomic mass is 9.96. The van der Waals surface area contributed by atoms with E-state index in [1.807, 2.05) is 30.3 Å². The van der Waals surface area contributed by atoms with Gasteiger partial charge in [-0.15, -0.1) is 0 Å². The van der Waals surface area contributed by atoms with Crippen molar-refractivity contribution in [2.24, 2.45) is 11.7 Å². The third-order valence-corrected chi connectivity index (χ3v) is 4.79. The number of amides is 2. The molecule has 0 spiro atoms. The standard InChI is InChI=1S/C20H31N3O3/c1-2-3-9-17(13-21)22-20(25)16-8-7-12-23(14-16)19(24)15-26-18-10-5-4-6-11-18/h4-6,10-11,16-17H,2-3,7-9,12-15,21H2,1H3,(H,22,25). The van der Waals surface area contributed by atoms with Crippen LogP contribution < -0.4 is 15.8 Å². The monoisotopic (exact) mass is 361 g/mol. The van der Waals surface area contributed by atoms with Crippen LogP contribution in [0.3, 0.4) is 0 Å². The van der Waals surface area contributed by atoms with Gasteiger partial charge in [0, 0.05) is 25.7 Å². The Morgan fingerprint density at radius 1 is 1.35 bits per heavy atom. The Kier molecular flexibility index (Phi) is 8.41. The van der Waals surface area contributed by atoms with Crippen molar-refractivity contribution in [3.05, 3.63) is 30.3 Å². The van der Waals surface area contributed by atoms with E-state index < -0.39 is 0 Å². The number of unbranched alkanes of at least 4 members (excludes halogenated alkanes) is 1. The molecule has 2 unspecified atom stereocenters. The SMILES string of the molecule is CCCCC(CN)NC(=O)C1CCCN(C(=O)COc2ccccc2)C1. The minimum Gasteiger partial charge on any atom is -0.484 e. The lowest BCUT2D eigenvalue weighted by Crippen LogP contribution is -2.49. The minimum absolute atomic E-state index is 0.000275. The van der Waals surface area contributed by atoms with Gasteiger partial charge in [0.1, 0.15) is 5.75 Å². The molecule has 0 radical (unpaired) electrons. The fourth-order valence-electron chi connectivity index (χ4n) is 3.19. The first-order chi connectivity index (χ1) is 12.6. The maximum Gasteiger partial charge on any atom is 0.260 e. The molecule has 2 amide bonds. The lowest BCUT2D eigenvalue weighted by Gasteiger charge is -2.32. The van der Waals surface area contributed by atoms with Gasteiger partial charge in [0.05, 0.1) is 5.92 Å². The van der Waals surface area contributed by atoms with Crippen LogP contribution in [-0.2, 0) is 9.59 Å². The minimum atomic E-state index is -0.167. The topological polar surface area (TPSA) is 84.7 Å². The number of nitrogens with zero attached hydrogens (tertiary/aromatic N) is 1. The van der Waals surface area contributed by atoms with Gasteiger partial charge in [0.25, 0.3) is 5.91 Å². The summed E-state index contributed by atoms with van der Waals surface area (Å²) in [5.41, 5.74) is 5.77. The number of carbonyl (C=O) groups is 2. The summed E-state index contributed by atoms with van der Waals surface area (Å²) in [7, 11) is 0. The van der Waals surface area contributed by atoms with Crippen LogP contribution in [-0.4, -0.2) is 49.0 Å². The van der Waals surface area contributed by atoms with Crippen molar-refractivity contribution in [3.8, 4) is 5.75 Å². The molecule has 0 aromatic heterocycles. The summed E-state index contributed by atoms with van der Waals surface area (Å²) in [4.78, 5) is 26.7. The summed E-state index contributed by atoms with van der Waals surface area (Å²) in [6.45, 7) is 3.70. The number of likely N-dealkylation sites (tertiary alicyclic amines) is 1. The smallest absolute Gasteiger partial charge is 0.260 e. The highest BCUT2D eigenvalue weighted by Gasteiger charge is 2.29. The normalized spacial score (nSPS) is 18.2. The maximum absolute atomic E-state index is 12.5. The number of rotatable bonds is 9. The first kappa shape index (κ1) is 20.2. The third kappa shape index (κ3) is 6.33. The molecule has 0 aliphatic carbocycles. The summed E-state index contributed by atoms with van der Waals surface area (Å²) in [6.07, 6.45) is 4.67. The summed E-state index contributed by atoms with van der Waals surface area (Å²) >= 11 is 0. The van der Waals surface area contributed by atoms with Crippen LogP contribution in [0.2, 0.25) is 0 Å². The molecule has 1 fully saturated rings. The Labute approximate surface area is 156 Å². The van der Waals surface area contributed by atoms with E-state index in [1.54, 1.807) is 4.90 Å². The van der Waals surface area contributed by atoms with E-state index in [0.29, 0.717) is 25.4 Å². The van der Waals surface area contributed by atoms with E-state index in [9.17, 15) is 9.59 Å². The molecule has 1 saturated heterocycles. The van der Waals surface area contributed by atoms with Gasteiger partial charge in [-0.3, -0.25) is 9.59 Å². The number of carbonyl (C=O) groups excluding carboxylic acids is 2. The van der Waals surface area contributed by atoms with Crippen molar-refractivity contribution in [1.82, 2.24) is 10.2 Å². The highest BCUT2D eigenvalue weighted by atomic mass is 16.5. The Balaban J connectivity index is 1.81. The Hall–Kier alpha value is -2.08. The molecule has 0 bridgehead atoms. The van der Waals surface area contributed by atoms with E-state index in [-0.39, 0.29) is 30.4 Å². The van der Waals surface area contributed by atoms with E-state index >= 15 is 0 Å². The van der Waals surface area contributed by atoms with E-state index in [0.717, 1.165) is 32.1 Å². The third-order valence-electron chi connectivity index (χ3n) is 4.79. The van der Waals surface area contributed by atoms with Gasteiger partial charge in [-0.1, -0.05) is 38.0 Å². The Morgan fingerprint density at radius 2 is 2.12 bits per heavy atom. The van der Waals surface area contributed by atoms with Gasteiger partial charge < -0.3 is 20.7 Å². The van der Waals surface area contributed by atoms with Crippen LogP contribution in [0.1, 0.15) is 39.0 Å². The predicted molar refractivity (Wildman–Crippen MR) is 102 cm³/mol. The zero-order chi connectivity index (χ0) is 18.8. The zero-order valence-corrected chi connectivity index (χ0v) is 15.7. The second-order valence-electron chi connectivity index (χ2n) is 6.86. The fourth-order valence-corrected chi connectivity index (χ4v) is 3.19. The summed E-state index contributed by atoms with van der Waals surface area (Å²) in [6, 6.07) is 9.31. The molecule has 1 aromatic carbocycles. The van der Waals surface area contributed by atoms with E-state index in [2.05, 4.69) is 12.2 Å². The molecule has 2 rings (SSSR count). The second kappa shape index (κ2) is 10.8. The number of piperidine rings is 1. The number of ether oxygens (including phenoxy) is 1. The van der Waals surface area contributed by atoms with Crippen molar-refractivity contribution < 1.29 is 14.3 Å². The van der Waals surface area contributed by atoms with Crippen molar-refractivity contribution in [2.45, 2.75) is 45.1 Å². The second-order valence-corrected chi connectivity index (χ2v) is 6.86. The van der Waals surface area contributed by atoms with Crippen LogP contribution in [0, 0.1) is 5.92 Å². The summed E-state index contributed by atoms with van der Waals surface area (Å²) < 4.78 is 5.53. The molecular weight excluding hydrogens is 330 g/mol. The molecule has 144 valence electrons. The highest BCUT2D eigenvalue weighted by molar-refractivity contribution is 5.82. The van der Waals surface area contributed by atoms with Crippen LogP contribution in [0.5, 0.6) is 5.75 Å². The predicted octanol–water partition coefficient (Wildman–Crippen LogP) is 1.94. The van der Waals surface area contributed by atoms with Crippen LogP contribution in [0.25, 0.3) is 0 Å². The average Bonchev–Trinajstić information content (AvgIpc) is 2.70. The van der Waals surface area contributed by atoms with Crippen molar-refractivity contribution in [3.63, 3.8) is 0 Å². The lowest BCUT2D eigenvalue weighted by molar-refractivity contribution is -0.137. The fraction of sp³-hybridized carbons (Fsp3) is 0.600. The molecule has 6 nitrogen and oxygen atoms in total. The Morgan fingerprint density at radius 3 is 2.81 bits per heavy atom. The molecule has 1 aromatic rings. The average molecular weight is 361 g/mol. The van der Waals surface area contributed by atoms with Crippen LogP contribution in [0.4, 0.5) is 0 Å². The first-order valence-electron chi connectivity index (χ1n) is 9.60. The van der Waals surface area contributed by atoms with Gasteiger partial charge >= 0.3 is 0 Å². The quantitative estimate of drug-likeness (QED) is 0.704. The Bertz CT molecular complexity index is 565. The van der Waals surface area contributed by atoms with Crippen molar-refractivity contribution in [1.29, 1.82) is 0 Å². The van der Waals surface area contributed by atoms with Crippen LogP contribution >= 0.6 is 0 Å². The maximum atomic E-state index is 12.5. The molecule has 3 N–H and O–H groups in total. The van der Waals surface area contributed by atoms with E-state index in [1.165, 1.54) is 0 Å². The number of nitrogens with two attached hydrogens (primary N) is 1. The molecule has 2 atom stereocenters.